The van der Waals surface area contributed by atoms with Crippen LogP contribution >= 0.6 is 11.6 Å². The topological polar surface area (TPSA) is 20.3 Å². The molecule has 0 aromatic heterocycles. The molecule has 1 aromatic rings. The average Bonchev–Trinajstić information content (AvgIpc) is 2.27. The van der Waals surface area contributed by atoms with Crippen LogP contribution in [0.2, 0.25) is 5.02 Å². The minimum absolute atomic E-state index is 0.00538. The number of carbonyl (C=O) groups is 1. The Hall–Kier alpha value is -1.02. The number of carbonyl (C=O) groups excluding carboxylic acids is 1. The minimum Gasteiger partial charge on any atom is -0.372 e. The third-order valence-electron chi connectivity index (χ3n) is 3.11. The molecule has 0 amide bonds. The summed E-state index contributed by atoms with van der Waals surface area (Å²) in [6, 6.07) is 6.09. The van der Waals surface area contributed by atoms with Crippen LogP contribution in [-0.2, 0) is 0 Å². The molecule has 2 nitrogen and oxygen atoms in total. The van der Waals surface area contributed by atoms with E-state index in [1.165, 1.54) is 6.92 Å². The zero-order valence-corrected chi connectivity index (χ0v) is 11.7. The molecule has 0 aliphatic carbocycles. The molecule has 0 N–H and O–H groups in total. The van der Waals surface area contributed by atoms with Crippen LogP contribution in [0.4, 0.5) is 5.69 Å². The Labute approximate surface area is 109 Å². The van der Waals surface area contributed by atoms with Crippen molar-refractivity contribution >= 4 is 23.1 Å². The van der Waals surface area contributed by atoms with Gasteiger partial charge in [0.25, 0.3) is 0 Å². The second-order valence-electron chi connectivity index (χ2n) is 4.47. The fourth-order valence-corrected chi connectivity index (χ4v) is 2.18. The number of anilines is 1. The lowest BCUT2D eigenvalue weighted by molar-refractivity contribution is 0.101. The van der Waals surface area contributed by atoms with Crippen molar-refractivity contribution in [3.8, 4) is 0 Å². The molecule has 0 saturated heterocycles. The molecular weight excluding hydrogens is 234 g/mol. The third kappa shape index (κ3) is 3.47. The second kappa shape index (κ2) is 6.06. The number of hydrogen-bond acceptors (Lipinski definition) is 2. The van der Waals surface area contributed by atoms with Crippen molar-refractivity contribution in [3.05, 3.63) is 28.8 Å². The Morgan fingerprint density at radius 3 is 2.59 bits per heavy atom. The van der Waals surface area contributed by atoms with E-state index in [-0.39, 0.29) is 5.78 Å². The van der Waals surface area contributed by atoms with E-state index in [0.717, 1.165) is 18.5 Å². The zero-order valence-electron chi connectivity index (χ0n) is 11.0. The number of benzene rings is 1. The average molecular weight is 254 g/mol. The van der Waals surface area contributed by atoms with Gasteiger partial charge in [0, 0.05) is 24.3 Å². The molecule has 17 heavy (non-hydrogen) atoms. The molecule has 0 aliphatic rings. The highest BCUT2D eigenvalue weighted by atomic mass is 35.5. The summed E-state index contributed by atoms with van der Waals surface area (Å²) < 4.78 is 0. The lowest BCUT2D eigenvalue weighted by Crippen LogP contribution is -2.28. The van der Waals surface area contributed by atoms with Gasteiger partial charge in [0.05, 0.1) is 5.02 Å². The van der Waals surface area contributed by atoms with E-state index < -0.39 is 0 Å². The third-order valence-corrected chi connectivity index (χ3v) is 3.42. The molecule has 1 atom stereocenters. The van der Waals surface area contributed by atoms with Gasteiger partial charge >= 0.3 is 0 Å². The van der Waals surface area contributed by atoms with Crippen LogP contribution in [0, 0.1) is 0 Å². The van der Waals surface area contributed by atoms with E-state index in [1.54, 1.807) is 6.07 Å². The first-order valence-corrected chi connectivity index (χ1v) is 6.38. The van der Waals surface area contributed by atoms with Gasteiger partial charge in [-0.2, -0.15) is 0 Å². The van der Waals surface area contributed by atoms with Crippen LogP contribution in [0.3, 0.4) is 0 Å². The first-order chi connectivity index (χ1) is 7.97. The van der Waals surface area contributed by atoms with Crippen molar-refractivity contribution in [2.45, 2.75) is 39.7 Å². The summed E-state index contributed by atoms with van der Waals surface area (Å²) in [5, 5.41) is 0.533. The molecule has 1 unspecified atom stereocenters. The van der Waals surface area contributed by atoms with Gasteiger partial charge in [-0.15, -0.1) is 0 Å². The van der Waals surface area contributed by atoms with E-state index >= 15 is 0 Å². The number of halogens is 1. The maximum absolute atomic E-state index is 11.3. The van der Waals surface area contributed by atoms with Gasteiger partial charge in [0.2, 0.25) is 0 Å². The van der Waals surface area contributed by atoms with E-state index in [0.29, 0.717) is 16.6 Å². The van der Waals surface area contributed by atoms with E-state index in [9.17, 15) is 4.79 Å². The molecule has 3 heteroatoms. The molecule has 0 heterocycles. The van der Waals surface area contributed by atoms with Crippen LogP contribution < -0.4 is 4.90 Å². The van der Waals surface area contributed by atoms with E-state index in [1.807, 2.05) is 12.1 Å². The van der Waals surface area contributed by atoms with Gasteiger partial charge in [-0.05, 0) is 38.5 Å². The van der Waals surface area contributed by atoms with Crippen molar-refractivity contribution < 1.29 is 4.79 Å². The zero-order chi connectivity index (χ0) is 13.0. The lowest BCUT2D eigenvalue weighted by atomic mass is 10.1. The Balaban J connectivity index is 2.93. The highest BCUT2D eigenvalue weighted by Crippen LogP contribution is 2.25. The minimum atomic E-state index is 0.00538. The van der Waals surface area contributed by atoms with Gasteiger partial charge in [-0.25, -0.2) is 0 Å². The molecular formula is C14H20ClNO. The number of hydrogen-bond donors (Lipinski definition) is 0. The Bertz CT molecular complexity index is 403. The first kappa shape index (κ1) is 14.0. The van der Waals surface area contributed by atoms with Crippen LogP contribution in [0.1, 0.15) is 44.0 Å². The van der Waals surface area contributed by atoms with Crippen LogP contribution in [0.5, 0.6) is 0 Å². The fourth-order valence-electron chi connectivity index (χ4n) is 1.87. The quantitative estimate of drug-likeness (QED) is 0.734. The molecule has 94 valence electrons. The maximum atomic E-state index is 11.3. The SMILES string of the molecule is CCCC(C)N(C)c1ccc(C(C)=O)c(Cl)c1. The second-order valence-corrected chi connectivity index (χ2v) is 4.88. The summed E-state index contributed by atoms with van der Waals surface area (Å²) in [6.45, 7) is 5.90. The van der Waals surface area contributed by atoms with Crippen molar-refractivity contribution in [2.24, 2.45) is 0 Å². The number of ketones is 1. The predicted molar refractivity (Wildman–Crippen MR) is 74.2 cm³/mol. The Kier molecular flexibility index (Phi) is 5.01. The summed E-state index contributed by atoms with van der Waals surface area (Å²) in [5.41, 5.74) is 1.65. The first-order valence-electron chi connectivity index (χ1n) is 6.00. The summed E-state index contributed by atoms with van der Waals surface area (Å²) in [7, 11) is 2.05. The molecule has 1 aromatic carbocycles. The summed E-state index contributed by atoms with van der Waals surface area (Å²) in [5.74, 6) is 0.00538. The van der Waals surface area contributed by atoms with Crippen molar-refractivity contribution in [1.82, 2.24) is 0 Å². The number of rotatable bonds is 5. The summed E-state index contributed by atoms with van der Waals surface area (Å²) >= 11 is 6.10. The number of nitrogens with zero attached hydrogens (tertiary/aromatic N) is 1. The summed E-state index contributed by atoms with van der Waals surface area (Å²) in [6.07, 6.45) is 2.30. The van der Waals surface area contributed by atoms with Crippen molar-refractivity contribution in [2.75, 3.05) is 11.9 Å². The Morgan fingerprint density at radius 1 is 1.47 bits per heavy atom. The number of Topliss-reactive ketones (excluding diaryl/α,β-unsaturated/α-hetero) is 1. The van der Waals surface area contributed by atoms with Gasteiger partial charge in [-0.1, -0.05) is 24.9 Å². The van der Waals surface area contributed by atoms with E-state index in [4.69, 9.17) is 11.6 Å². The molecule has 0 aliphatic heterocycles. The maximum Gasteiger partial charge on any atom is 0.161 e. The molecule has 0 spiro atoms. The molecule has 0 radical (unpaired) electrons. The molecule has 0 bridgehead atoms. The lowest BCUT2D eigenvalue weighted by Gasteiger charge is -2.27. The normalized spacial score (nSPS) is 12.3. The van der Waals surface area contributed by atoms with Crippen LogP contribution in [0.15, 0.2) is 18.2 Å². The monoisotopic (exact) mass is 253 g/mol. The van der Waals surface area contributed by atoms with Gasteiger partial charge in [0.1, 0.15) is 0 Å². The van der Waals surface area contributed by atoms with Gasteiger partial charge in [-0.3, -0.25) is 4.79 Å². The predicted octanol–water partition coefficient (Wildman–Crippen LogP) is 4.17. The standard InChI is InChI=1S/C14H20ClNO/c1-5-6-10(2)16(4)12-7-8-13(11(3)17)14(15)9-12/h7-10H,5-6H2,1-4H3. The van der Waals surface area contributed by atoms with E-state index in [2.05, 4.69) is 25.8 Å². The van der Waals surface area contributed by atoms with Crippen molar-refractivity contribution in [1.29, 1.82) is 0 Å². The van der Waals surface area contributed by atoms with Crippen molar-refractivity contribution in [3.63, 3.8) is 0 Å². The Morgan fingerprint density at radius 2 is 2.12 bits per heavy atom. The molecule has 0 saturated carbocycles. The van der Waals surface area contributed by atoms with Crippen LogP contribution in [-0.4, -0.2) is 18.9 Å². The molecule has 0 fully saturated rings. The van der Waals surface area contributed by atoms with Crippen LogP contribution in [0.25, 0.3) is 0 Å². The highest BCUT2D eigenvalue weighted by Gasteiger charge is 2.12. The smallest absolute Gasteiger partial charge is 0.161 e. The van der Waals surface area contributed by atoms with Gasteiger partial charge < -0.3 is 4.90 Å². The molecule has 1 rings (SSSR count). The fraction of sp³-hybridized carbons (Fsp3) is 0.500. The summed E-state index contributed by atoms with van der Waals surface area (Å²) in [4.78, 5) is 13.5. The highest BCUT2D eigenvalue weighted by molar-refractivity contribution is 6.34. The van der Waals surface area contributed by atoms with Gasteiger partial charge in [0.15, 0.2) is 5.78 Å². The largest absolute Gasteiger partial charge is 0.372 e.